The van der Waals surface area contributed by atoms with Crippen molar-refractivity contribution in [3.63, 3.8) is 0 Å². The van der Waals surface area contributed by atoms with Crippen molar-refractivity contribution in [3.05, 3.63) is 29.3 Å². The standard InChI is InChI=1S/C14H19NO3/c1-17-13-6-5-10(8-12(13)14(16)18-2)11-4-3-7-15-9-11/h5-6,8,11,15H,3-4,7,9H2,1-2H3. The monoisotopic (exact) mass is 249 g/mol. The Balaban J connectivity index is 2.29. The summed E-state index contributed by atoms with van der Waals surface area (Å²) in [6.45, 7) is 2.05. The van der Waals surface area contributed by atoms with Gasteiger partial charge in [0.2, 0.25) is 0 Å². The van der Waals surface area contributed by atoms with Crippen LogP contribution in [-0.4, -0.2) is 33.3 Å². The molecule has 0 bridgehead atoms. The first kappa shape index (κ1) is 12.9. The number of ether oxygens (including phenoxy) is 2. The molecule has 0 amide bonds. The van der Waals surface area contributed by atoms with E-state index in [4.69, 9.17) is 9.47 Å². The van der Waals surface area contributed by atoms with E-state index in [0.717, 1.165) is 19.5 Å². The molecule has 1 heterocycles. The molecule has 1 aliphatic heterocycles. The molecule has 1 aliphatic rings. The van der Waals surface area contributed by atoms with Gasteiger partial charge in [0.1, 0.15) is 11.3 Å². The number of carbonyl (C=O) groups excluding carboxylic acids is 1. The largest absolute Gasteiger partial charge is 0.496 e. The normalized spacial score (nSPS) is 19.3. The van der Waals surface area contributed by atoms with Crippen LogP contribution in [-0.2, 0) is 4.74 Å². The molecule has 1 aromatic carbocycles. The highest BCUT2D eigenvalue weighted by Gasteiger charge is 2.19. The molecule has 1 atom stereocenters. The zero-order valence-electron chi connectivity index (χ0n) is 10.9. The molecule has 1 saturated heterocycles. The molecule has 98 valence electrons. The predicted octanol–water partition coefficient (Wildman–Crippen LogP) is 1.95. The Kier molecular flexibility index (Phi) is 4.20. The van der Waals surface area contributed by atoms with Crippen molar-refractivity contribution in [1.29, 1.82) is 0 Å². The van der Waals surface area contributed by atoms with Crippen LogP contribution < -0.4 is 10.1 Å². The Morgan fingerprint density at radius 3 is 2.83 bits per heavy atom. The Hall–Kier alpha value is -1.55. The maximum absolute atomic E-state index is 11.7. The minimum absolute atomic E-state index is 0.350. The quantitative estimate of drug-likeness (QED) is 0.832. The summed E-state index contributed by atoms with van der Waals surface area (Å²) in [5, 5.41) is 3.38. The maximum Gasteiger partial charge on any atom is 0.341 e. The molecule has 0 aliphatic carbocycles. The Bertz CT molecular complexity index is 425. The maximum atomic E-state index is 11.7. The minimum Gasteiger partial charge on any atom is -0.496 e. The van der Waals surface area contributed by atoms with Gasteiger partial charge in [-0.1, -0.05) is 6.07 Å². The molecule has 4 heteroatoms. The second-order valence-corrected chi connectivity index (χ2v) is 4.49. The van der Waals surface area contributed by atoms with Crippen LogP contribution >= 0.6 is 0 Å². The molecule has 0 saturated carbocycles. The predicted molar refractivity (Wildman–Crippen MR) is 69.2 cm³/mol. The lowest BCUT2D eigenvalue weighted by Crippen LogP contribution is -2.28. The van der Waals surface area contributed by atoms with E-state index in [0.29, 0.717) is 17.2 Å². The van der Waals surface area contributed by atoms with Crippen LogP contribution in [0.15, 0.2) is 18.2 Å². The SMILES string of the molecule is COC(=O)c1cc(C2CCCNC2)ccc1OC. The van der Waals surface area contributed by atoms with Crippen molar-refractivity contribution in [3.8, 4) is 5.75 Å². The highest BCUT2D eigenvalue weighted by Crippen LogP contribution is 2.28. The number of carbonyl (C=O) groups is 1. The molecule has 0 radical (unpaired) electrons. The summed E-state index contributed by atoms with van der Waals surface area (Å²) in [6.07, 6.45) is 2.32. The zero-order chi connectivity index (χ0) is 13.0. The molecule has 4 nitrogen and oxygen atoms in total. The second-order valence-electron chi connectivity index (χ2n) is 4.49. The van der Waals surface area contributed by atoms with Crippen molar-refractivity contribution in [2.45, 2.75) is 18.8 Å². The number of nitrogens with one attached hydrogen (secondary N) is 1. The van der Waals surface area contributed by atoms with E-state index in [2.05, 4.69) is 5.32 Å². The Labute approximate surface area is 107 Å². The first-order valence-electron chi connectivity index (χ1n) is 6.23. The summed E-state index contributed by atoms with van der Waals surface area (Å²) < 4.78 is 9.98. The molecule has 1 fully saturated rings. The van der Waals surface area contributed by atoms with Crippen molar-refractivity contribution in [1.82, 2.24) is 5.32 Å². The van der Waals surface area contributed by atoms with Gasteiger partial charge in [-0.15, -0.1) is 0 Å². The fourth-order valence-electron chi connectivity index (χ4n) is 2.39. The third-order valence-corrected chi connectivity index (χ3v) is 3.40. The lowest BCUT2D eigenvalue weighted by atomic mass is 9.90. The van der Waals surface area contributed by atoms with E-state index < -0.39 is 0 Å². The topological polar surface area (TPSA) is 47.6 Å². The molecule has 1 aromatic rings. The van der Waals surface area contributed by atoms with Crippen LogP contribution in [0.4, 0.5) is 0 Å². The summed E-state index contributed by atoms with van der Waals surface area (Å²) in [5.74, 6) is 0.680. The van der Waals surface area contributed by atoms with E-state index in [1.54, 1.807) is 7.11 Å². The summed E-state index contributed by atoms with van der Waals surface area (Å²) in [6, 6.07) is 5.77. The Morgan fingerprint density at radius 1 is 1.39 bits per heavy atom. The molecule has 0 aromatic heterocycles. The number of methoxy groups -OCH3 is 2. The van der Waals surface area contributed by atoms with Gasteiger partial charge in [-0.25, -0.2) is 4.79 Å². The van der Waals surface area contributed by atoms with Gasteiger partial charge in [0.15, 0.2) is 0 Å². The molecule has 2 rings (SSSR count). The van der Waals surface area contributed by atoms with Gasteiger partial charge in [0, 0.05) is 6.54 Å². The highest BCUT2D eigenvalue weighted by molar-refractivity contribution is 5.92. The average molecular weight is 249 g/mol. The van der Waals surface area contributed by atoms with Gasteiger partial charge >= 0.3 is 5.97 Å². The van der Waals surface area contributed by atoms with Crippen molar-refractivity contribution in [2.75, 3.05) is 27.3 Å². The van der Waals surface area contributed by atoms with E-state index in [1.807, 2.05) is 18.2 Å². The van der Waals surface area contributed by atoms with Crippen LogP contribution in [0.25, 0.3) is 0 Å². The number of benzene rings is 1. The van der Waals surface area contributed by atoms with Crippen LogP contribution in [0.5, 0.6) is 5.75 Å². The molecular weight excluding hydrogens is 230 g/mol. The summed E-state index contributed by atoms with van der Waals surface area (Å²) >= 11 is 0. The van der Waals surface area contributed by atoms with Gasteiger partial charge in [0.25, 0.3) is 0 Å². The fourth-order valence-corrected chi connectivity index (χ4v) is 2.39. The molecule has 1 unspecified atom stereocenters. The van der Waals surface area contributed by atoms with Crippen LogP contribution in [0.2, 0.25) is 0 Å². The van der Waals surface area contributed by atoms with E-state index in [-0.39, 0.29) is 5.97 Å². The van der Waals surface area contributed by atoms with Gasteiger partial charge < -0.3 is 14.8 Å². The van der Waals surface area contributed by atoms with Crippen LogP contribution in [0.3, 0.4) is 0 Å². The third kappa shape index (κ3) is 2.64. The van der Waals surface area contributed by atoms with Crippen LogP contribution in [0, 0.1) is 0 Å². The first-order valence-corrected chi connectivity index (χ1v) is 6.23. The second kappa shape index (κ2) is 5.87. The van der Waals surface area contributed by atoms with Gasteiger partial charge in [-0.3, -0.25) is 0 Å². The molecule has 18 heavy (non-hydrogen) atoms. The first-order chi connectivity index (χ1) is 8.76. The zero-order valence-corrected chi connectivity index (χ0v) is 10.9. The smallest absolute Gasteiger partial charge is 0.341 e. The van der Waals surface area contributed by atoms with E-state index in [1.165, 1.54) is 19.1 Å². The number of esters is 1. The highest BCUT2D eigenvalue weighted by atomic mass is 16.5. The summed E-state index contributed by atoms with van der Waals surface area (Å²) in [5.41, 5.74) is 1.67. The van der Waals surface area contributed by atoms with Crippen molar-refractivity contribution in [2.24, 2.45) is 0 Å². The van der Waals surface area contributed by atoms with Gasteiger partial charge in [-0.2, -0.15) is 0 Å². The van der Waals surface area contributed by atoms with Crippen LogP contribution in [0.1, 0.15) is 34.7 Å². The minimum atomic E-state index is -0.350. The molecule has 0 spiro atoms. The molecule has 1 N–H and O–H groups in total. The van der Waals surface area contributed by atoms with Crippen molar-refractivity contribution >= 4 is 5.97 Å². The van der Waals surface area contributed by atoms with E-state index >= 15 is 0 Å². The fraction of sp³-hybridized carbons (Fsp3) is 0.500. The van der Waals surface area contributed by atoms with Gasteiger partial charge in [0.05, 0.1) is 14.2 Å². The third-order valence-electron chi connectivity index (χ3n) is 3.40. The van der Waals surface area contributed by atoms with Crippen molar-refractivity contribution < 1.29 is 14.3 Å². The average Bonchev–Trinajstić information content (AvgIpc) is 2.46. The number of hydrogen-bond donors (Lipinski definition) is 1. The number of hydrogen-bond acceptors (Lipinski definition) is 4. The lowest BCUT2D eigenvalue weighted by Gasteiger charge is -2.23. The number of rotatable bonds is 3. The van der Waals surface area contributed by atoms with E-state index in [9.17, 15) is 4.79 Å². The Morgan fingerprint density at radius 2 is 2.22 bits per heavy atom. The summed E-state index contributed by atoms with van der Waals surface area (Å²) in [7, 11) is 2.94. The summed E-state index contributed by atoms with van der Waals surface area (Å²) in [4.78, 5) is 11.7. The lowest BCUT2D eigenvalue weighted by molar-refractivity contribution is 0.0597. The molecular formula is C14H19NO3. The van der Waals surface area contributed by atoms with Gasteiger partial charge in [-0.05, 0) is 43.0 Å². The number of piperidine rings is 1.